The number of urea groups is 1. The average Bonchev–Trinajstić information content (AvgIpc) is 2.42. The second-order valence-corrected chi connectivity index (χ2v) is 6.17. The van der Waals surface area contributed by atoms with Gasteiger partial charge >= 0.3 is 6.03 Å². The van der Waals surface area contributed by atoms with Gasteiger partial charge in [-0.2, -0.15) is 0 Å². The number of rotatable bonds is 12. The number of nitrogens with zero attached hydrogens (tertiary/aromatic N) is 1. The summed E-state index contributed by atoms with van der Waals surface area (Å²) in [5.41, 5.74) is 0. The number of carbonyl (C=O) groups is 1. The lowest BCUT2D eigenvalue weighted by molar-refractivity contribution is -0.911. The van der Waals surface area contributed by atoms with Gasteiger partial charge in [-0.1, -0.05) is 6.92 Å². The number of likely N-dealkylation sites (N-methyl/N-ethyl adjacent to an activating group) is 1. The number of hydrogen-bond donors (Lipinski definition) is 3. The Morgan fingerprint density at radius 2 is 1.90 bits per heavy atom. The van der Waals surface area contributed by atoms with Crippen LogP contribution in [0.15, 0.2) is 0 Å². The van der Waals surface area contributed by atoms with E-state index in [9.17, 15) is 4.79 Å². The zero-order valence-electron chi connectivity index (χ0n) is 14.6. The lowest BCUT2D eigenvalue weighted by Gasteiger charge is -2.34. The summed E-state index contributed by atoms with van der Waals surface area (Å²) in [4.78, 5) is 13.2. The summed E-state index contributed by atoms with van der Waals surface area (Å²) >= 11 is 0. The standard InChI is InChI=1S/C15H34N4O2/c1-6-11-19(5,12-13-21-7-2)14-17-15(20)16-9-8-10-18(3)4/h6-14H2,1-5H3,(H-,16,17,20)/p+2. The van der Waals surface area contributed by atoms with Crippen LogP contribution < -0.4 is 15.5 Å². The van der Waals surface area contributed by atoms with E-state index >= 15 is 0 Å². The first kappa shape index (κ1) is 20.1. The van der Waals surface area contributed by atoms with E-state index < -0.39 is 0 Å². The molecule has 21 heavy (non-hydrogen) atoms. The van der Waals surface area contributed by atoms with Crippen molar-refractivity contribution in [1.82, 2.24) is 10.6 Å². The molecule has 0 aliphatic heterocycles. The van der Waals surface area contributed by atoms with Crippen molar-refractivity contribution in [2.24, 2.45) is 0 Å². The Kier molecular flexibility index (Phi) is 11.3. The van der Waals surface area contributed by atoms with Gasteiger partial charge in [0.05, 0.1) is 40.8 Å². The zero-order chi connectivity index (χ0) is 16.1. The van der Waals surface area contributed by atoms with Crippen LogP contribution in [-0.2, 0) is 4.74 Å². The van der Waals surface area contributed by atoms with E-state index in [1.807, 2.05) is 6.92 Å². The second kappa shape index (κ2) is 11.8. The highest BCUT2D eigenvalue weighted by Crippen LogP contribution is 2.02. The van der Waals surface area contributed by atoms with Crippen LogP contribution in [-0.4, -0.2) is 77.7 Å². The van der Waals surface area contributed by atoms with Crippen LogP contribution >= 0.6 is 0 Å². The molecule has 0 aromatic heterocycles. The van der Waals surface area contributed by atoms with Gasteiger partial charge in [-0.25, -0.2) is 4.79 Å². The van der Waals surface area contributed by atoms with Crippen molar-refractivity contribution >= 4 is 6.03 Å². The number of ether oxygens (including phenoxy) is 1. The Bertz CT molecular complexity index is 274. The van der Waals surface area contributed by atoms with E-state index in [-0.39, 0.29) is 6.03 Å². The molecule has 3 N–H and O–H groups in total. The van der Waals surface area contributed by atoms with Crippen LogP contribution in [0.2, 0.25) is 0 Å². The Morgan fingerprint density at radius 3 is 2.48 bits per heavy atom. The minimum atomic E-state index is -0.0689. The largest absolute Gasteiger partial charge is 0.376 e. The molecule has 1 atom stereocenters. The molecule has 0 spiro atoms. The van der Waals surface area contributed by atoms with Gasteiger partial charge in [0.1, 0.15) is 6.54 Å². The summed E-state index contributed by atoms with van der Waals surface area (Å²) in [6.45, 7) is 10.1. The fourth-order valence-corrected chi connectivity index (χ4v) is 2.21. The molecule has 0 radical (unpaired) electrons. The molecule has 126 valence electrons. The van der Waals surface area contributed by atoms with Crippen molar-refractivity contribution < 1.29 is 18.9 Å². The van der Waals surface area contributed by atoms with Crippen molar-refractivity contribution in [1.29, 1.82) is 0 Å². The van der Waals surface area contributed by atoms with Gasteiger partial charge < -0.3 is 19.4 Å². The number of hydrogen-bond acceptors (Lipinski definition) is 2. The van der Waals surface area contributed by atoms with Gasteiger partial charge in [0.2, 0.25) is 0 Å². The summed E-state index contributed by atoms with van der Waals surface area (Å²) < 4.78 is 6.25. The number of quaternary nitrogens is 2. The number of nitrogens with one attached hydrogen (secondary N) is 3. The van der Waals surface area contributed by atoms with E-state index in [1.165, 1.54) is 4.90 Å². The minimum absolute atomic E-state index is 0.0689. The first-order valence-corrected chi connectivity index (χ1v) is 8.15. The maximum Gasteiger partial charge on any atom is 0.319 e. The highest BCUT2D eigenvalue weighted by atomic mass is 16.5. The minimum Gasteiger partial charge on any atom is -0.376 e. The lowest BCUT2D eigenvalue weighted by atomic mass is 10.3. The van der Waals surface area contributed by atoms with E-state index in [1.54, 1.807) is 0 Å². The van der Waals surface area contributed by atoms with Crippen LogP contribution in [0.5, 0.6) is 0 Å². The van der Waals surface area contributed by atoms with E-state index in [0.29, 0.717) is 6.67 Å². The van der Waals surface area contributed by atoms with Crippen LogP contribution in [0.3, 0.4) is 0 Å². The molecule has 6 heteroatoms. The molecular weight excluding hydrogens is 268 g/mol. The topological polar surface area (TPSA) is 54.8 Å². The summed E-state index contributed by atoms with van der Waals surface area (Å²) in [5.74, 6) is 0. The highest BCUT2D eigenvalue weighted by Gasteiger charge is 2.20. The van der Waals surface area contributed by atoms with Crippen LogP contribution in [0.1, 0.15) is 26.7 Å². The Hall–Kier alpha value is -0.850. The van der Waals surface area contributed by atoms with Crippen molar-refractivity contribution in [3.05, 3.63) is 0 Å². The third kappa shape index (κ3) is 11.5. The van der Waals surface area contributed by atoms with Gasteiger partial charge in [0, 0.05) is 19.6 Å². The predicted molar refractivity (Wildman–Crippen MR) is 86.4 cm³/mol. The van der Waals surface area contributed by atoms with Gasteiger partial charge in [-0.3, -0.25) is 5.32 Å². The quantitative estimate of drug-likeness (QED) is 0.263. The first-order valence-electron chi connectivity index (χ1n) is 8.15. The average molecular weight is 304 g/mol. The van der Waals surface area contributed by atoms with Crippen molar-refractivity contribution in [2.75, 3.05) is 67.2 Å². The molecule has 0 heterocycles. The van der Waals surface area contributed by atoms with Gasteiger partial charge in [0.25, 0.3) is 0 Å². The molecule has 0 aromatic rings. The highest BCUT2D eigenvalue weighted by molar-refractivity contribution is 5.73. The molecular formula is C15H36N4O2+2. The second-order valence-electron chi connectivity index (χ2n) is 6.17. The number of carbonyl (C=O) groups excluding carboxylic acids is 1. The molecule has 0 aliphatic carbocycles. The third-order valence-electron chi connectivity index (χ3n) is 3.50. The van der Waals surface area contributed by atoms with Crippen LogP contribution in [0, 0.1) is 0 Å². The number of amides is 2. The van der Waals surface area contributed by atoms with Gasteiger partial charge in [-0.15, -0.1) is 0 Å². The maximum absolute atomic E-state index is 11.8. The smallest absolute Gasteiger partial charge is 0.319 e. The van der Waals surface area contributed by atoms with E-state index in [4.69, 9.17) is 4.74 Å². The molecule has 0 bridgehead atoms. The molecule has 0 saturated heterocycles. The molecule has 0 aromatic carbocycles. The summed E-state index contributed by atoms with van der Waals surface area (Å²) in [7, 11) is 6.40. The first-order chi connectivity index (χ1) is 9.93. The summed E-state index contributed by atoms with van der Waals surface area (Å²) in [6.07, 6.45) is 2.10. The van der Waals surface area contributed by atoms with Gasteiger partial charge in [-0.05, 0) is 13.3 Å². The monoisotopic (exact) mass is 304 g/mol. The predicted octanol–water partition coefficient (Wildman–Crippen LogP) is -0.329. The van der Waals surface area contributed by atoms with Crippen molar-refractivity contribution in [3.63, 3.8) is 0 Å². The third-order valence-corrected chi connectivity index (χ3v) is 3.50. The Morgan fingerprint density at radius 1 is 1.19 bits per heavy atom. The van der Waals surface area contributed by atoms with E-state index in [0.717, 1.165) is 56.7 Å². The van der Waals surface area contributed by atoms with Crippen LogP contribution in [0.4, 0.5) is 4.79 Å². The van der Waals surface area contributed by atoms with Gasteiger partial charge in [0.15, 0.2) is 6.67 Å². The fourth-order valence-electron chi connectivity index (χ4n) is 2.21. The lowest BCUT2D eigenvalue weighted by Crippen LogP contribution is -3.05. The fraction of sp³-hybridized carbons (Fsp3) is 0.933. The molecule has 0 rings (SSSR count). The van der Waals surface area contributed by atoms with Crippen molar-refractivity contribution in [3.8, 4) is 0 Å². The van der Waals surface area contributed by atoms with Crippen LogP contribution in [0.25, 0.3) is 0 Å². The zero-order valence-corrected chi connectivity index (χ0v) is 14.6. The molecule has 2 amide bonds. The van der Waals surface area contributed by atoms with Crippen molar-refractivity contribution in [2.45, 2.75) is 26.7 Å². The Labute approximate surface area is 130 Å². The normalized spacial score (nSPS) is 14.0. The Balaban J connectivity index is 3.96. The maximum atomic E-state index is 11.8. The summed E-state index contributed by atoms with van der Waals surface area (Å²) in [6, 6.07) is -0.0689. The SMILES string of the molecule is CCC[N+](C)(CCOCC)CNC(=O)NCCC[NH+](C)C. The molecule has 0 fully saturated rings. The molecule has 0 aliphatic rings. The molecule has 1 unspecified atom stereocenters. The molecule has 0 saturated carbocycles. The molecule has 6 nitrogen and oxygen atoms in total. The van der Waals surface area contributed by atoms with E-state index in [2.05, 4.69) is 38.7 Å². The summed E-state index contributed by atoms with van der Waals surface area (Å²) in [5, 5.41) is 5.90.